The summed E-state index contributed by atoms with van der Waals surface area (Å²) in [7, 11) is 2.03. The summed E-state index contributed by atoms with van der Waals surface area (Å²) < 4.78 is 5.88. The maximum atomic E-state index is 13.0. The minimum Gasteiger partial charge on any atom is -0.416 e. The second-order valence-corrected chi connectivity index (χ2v) is 9.93. The first kappa shape index (κ1) is 20.2. The molecule has 1 atom stereocenters. The number of carbonyl (C=O) groups excluding carboxylic acids is 1. The van der Waals surface area contributed by atoms with E-state index < -0.39 is 0 Å². The van der Waals surface area contributed by atoms with Gasteiger partial charge >= 0.3 is 0 Å². The third-order valence-corrected chi connectivity index (χ3v) is 7.23. The monoisotopic (exact) mass is 411 g/mol. The van der Waals surface area contributed by atoms with Gasteiger partial charge in [-0.15, -0.1) is 10.2 Å². The summed E-state index contributed by atoms with van der Waals surface area (Å²) >= 11 is 1.35. The SMILES string of the molecule is CC(Sc1nnc(C2CCCCC2)o1)C(=O)/C=C1\N(C)c2ccccc2C1(C)C. The molecule has 0 amide bonds. The molecule has 2 heterocycles. The summed E-state index contributed by atoms with van der Waals surface area (Å²) in [5.41, 5.74) is 3.22. The Bertz CT molecular complexity index is 928. The second kappa shape index (κ2) is 7.98. The number of nitrogens with zero attached hydrogens (tertiary/aromatic N) is 3. The molecule has 0 spiro atoms. The van der Waals surface area contributed by atoms with Gasteiger partial charge in [0, 0.05) is 35.8 Å². The van der Waals surface area contributed by atoms with Gasteiger partial charge in [-0.25, -0.2) is 0 Å². The van der Waals surface area contributed by atoms with Gasteiger partial charge in [-0.2, -0.15) is 0 Å². The first-order valence-electron chi connectivity index (χ1n) is 10.5. The quantitative estimate of drug-likeness (QED) is 0.480. The molecule has 1 aliphatic heterocycles. The topological polar surface area (TPSA) is 59.2 Å². The molecule has 0 radical (unpaired) electrons. The van der Waals surface area contributed by atoms with Gasteiger partial charge < -0.3 is 9.32 Å². The standard InChI is InChI=1S/C23H29N3O2S/c1-15(29-22-25-24-21(28-22)16-10-6-5-7-11-16)19(27)14-20-23(2,3)17-12-8-9-13-18(17)26(20)4/h8-9,12-16H,5-7,10-11H2,1-4H3/b20-14-. The molecule has 1 aliphatic carbocycles. The number of likely N-dealkylation sites (N-methyl/N-ethyl adjacent to an activating group) is 1. The lowest BCUT2D eigenvalue weighted by molar-refractivity contribution is -0.114. The number of thioether (sulfide) groups is 1. The Morgan fingerprint density at radius 3 is 2.69 bits per heavy atom. The van der Waals surface area contributed by atoms with Crippen LogP contribution in [0.15, 0.2) is 45.7 Å². The molecule has 2 aliphatic rings. The van der Waals surface area contributed by atoms with Gasteiger partial charge in [0.15, 0.2) is 5.78 Å². The molecule has 1 aromatic carbocycles. The van der Waals surface area contributed by atoms with Gasteiger partial charge in [0.05, 0.1) is 5.25 Å². The average Bonchev–Trinajstić information content (AvgIpc) is 3.26. The summed E-state index contributed by atoms with van der Waals surface area (Å²) in [6.07, 6.45) is 7.77. The third-order valence-electron chi connectivity index (χ3n) is 6.27. The van der Waals surface area contributed by atoms with Crippen molar-refractivity contribution in [3.05, 3.63) is 47.5 Å². The Balaban J connectivity index is 1.47. The smallest absolute Gasteiger partial charge is 0.277 e. The highest BCUT2D eigenvalue weighted by molar-refractivity contribution is 8.00. The maximum absolute atomic E-state index is 13.0. The number of anilines is 1. The van der Waals surface area contributed by atoms with Crippen LogP contribution in [-0.2, 0) is 10.2 Å². The van der Waals surface area contributed by atoms with Crippen LogP contribution in [0.4, 0.5) is 5.69 Å². The number of ketones is 1. The largest absolute Gasteiger partial charge is 0.416 e. The summed E-state index contributed by atoms with van der Waals surface area (Å²) in [5.74, 6) is 1.18. The van der Waals surface area contributed by atoms with Gasteiger partial charge in [-0.3, -0.25) is 4.79 Å². The number of allylic oxidation sites excluding steroid dienone is 2. The highest BCUT2D eigenvalue weighted by atomic mass is 32.2. The molecule has 1 saturated carbocycles. The molecular weight excluding hydrogens is 382 g/mol. The Morgan fingerprint density at radius 2 is 1.97 bits per heavy atom. The van der Waals surface area contributed by atoms with Crippen molar-refractivity contribution < 1.29 is 9.21 Å². The number of hydrogen-bond acceptors (Lipinski definition) is 6. The zero-order chi connectivity index (χ0) is 20.6. The van der Waals surface area contributed by atoms with E-state index in [1.165, 1.54) is 36.6 Å². The number of para-hydroxylation sites is 1. The zero-order valence-corrected chi connectivity index (χ0v) is 18.5. The minimum atomic E-state index is -0.282. The van der Waals surface area contributed by atoms with Crippen molar-refractivity contribution in [2.24, 2.45) is 0 Å². The molecule has 5 nitrogen and oxygen atoms in total. The van der Waals surface area contributed by atoms with Gasteiger partial charge in [0.25, 0.3) is 5.22 Å². The van der Waals surface area contributed by atoms with Crippen molar-refractivity contribution >= 4 is 23.2 Å². The molecular formula is C23H29N3O2S. The van der Waals surface area contributed by atoms with Crippen molar-refractivity contribution in [1.82, 2.24) is 10.2 Å². The van der Waals surface area contributed by atoms with Crippen LogP contribution >= 0.6 is 11.8 Å². The van der Waals surface area contributed by atoms with Crippen molar-refractivity contribution in [1.29, 1.82) is 0 Å². The molecule has 4 rings (SSSR count). The number of rotatable bonds is 5. The number of aromatic nitrogens is 2. The summed E-state index contributed by atoms with van der Waals surface area (Å²) in [4.78, 5) is 15.1. The van der Waals surface area contributed by atoms with E-state index >= 15 is 0 Å². The molecule has 1 fully saturated rings. The van der Waals surface area contributed by atoms with Gasteiger partial charge in [0.1, 0.15) is 0 Å². The molecule has 2 aromatic rings. The van der Waals surface area contributed by atoms with Crippen molar-refractivity contribution in [3.8, 4) is 0 Å². The van der Waals surface area contributed by atoms with Crippen LogP contribution in [0.25, 0.3) is 0 Å². The predicted octanol–water partition coefficient (Wildman–Crippen LogP) is 5.48. The van der Waals surface area contributed by atoms with E-state index in [1.807, 2.05) is 20.0 Å². The van der Waals surface area contributed by atoms with E-state index in [0.717, 1.165) is 30.1 Å². The van der Waals surface area contributed by atoms with Crippen molar-refractivity contribution in [2.45, 2.75) is 74.7 Å². The molecule has 6 heteroatoms. The molecule has 0 saturated heterocycles. The fourth-order valence-corrected chi connectivity index (χ4v) is 5.21. The Kier molecular flexibility index (Phi) is 5.56. The molecule has 29 heavy (non-hydrogen) atoms. The zero-order valence-electron chi connectivity index (χ0n) is 17.6. The van der Waals surface area contributed by atoms with Crippen LogP contribution < -0.4 is 4.90 Å². The first-order chi connectivity index (χ1) is 13.9. The van der Waals surface area contributed by atoms with Gasteiger partial charge in [-0.05, 0) is 31.4 Å². The van der Waals surface area contributed by atoms with Crippen LogP contribution in [-0.4, -0.2) is 28.3 Å². The van der Waals surface area contributed by atoms with Crippen molar-refractivity contribution in [3.63, 3.8) is 0 Å². The third kappa shape index (κ3) is 3.87. The van der Waals surface area contributed by atoms with E-state index in [2.05, 4.69) is 47.1 Å². The summed E-state index contributed by atoms with van der Waals surface area (Å²) in [6, 6.07) is 8.33. The Morgan fingerprint density at radius 1 is 1.24 bits per heavy atom. The Labute approximate surface area is 177 Å². The minimum absolute atomic E-state index is 0.0650. The van der Waals surface area contributed by atoms with E-state index in [9.17, 15) is 4.79 Å². The molecule has 0 bridgehead atoms. The van der Waals surface area contributed by atoms with Gasteiger partial charge in [0.2, 0.25) is 5.89 Å². The first-order valence-corrected chi connectivity index (χ1v) is 11.3. The second-order valence-electron chi connectivity index (χ2n) is 8.63. The van der Waals surface area contributed by atoms with E-state index in [1.54, 1.807) is 6.08 Å². The predicted molar refractivity (Wildman–Crippen MR) is 116 cm³/mol. The van der Waals surface area contributed by atoms with Crippen LogP contribution in [0.5, 0.6) is 0 Å². The van der Waals surface area contributed by atoms with Crippen LogP contribution in [0.1, 0.15) is 70.2 Å². The molecule has 1 aromatic heterocycles. The number of carbonyl (C=O) groups is 1. The lowest BCUT2D eigenvalue weighted by Crippen LogP contribution is -2.25. The fraction of sp³-hybridized carbons (Fsp3) is 0.522. The lowest BCUT2D eigenvalue weighted by atomic mass is 9.83. The summed E-state index contributed by atoms with van der Waals surface area (Å²) in [6.45, 7) is 6.24. The number of hydrogen-bond donors (Lipinski definition) is 0. The average molecular weight is 412 g/mol. The van der Waals surface area contributed by atoms with Crippen LogP contribution in [0, 0.1) is 0 Å². The molecule has 154 valence electrons. The van der Waals surface area contributed by atoms with Crippen molar-refractivity contribution in [2.75, 3.05) is 11.9 Å². The molecule has 0 N–H and O–H groups in total. The maximum Gasteiger partial charge on any atom is 0.277 e. The number of fused-ring (bicyclic) bond motifs is 1. The lowest BCUT2D eigenvalue weighted by Gasteiger charge is -2.24. The fourth-order valence-electron chi connectivity index (χ4n) is 4.50. The summed E-state index contributed by atoms with van der Waals surface area (Å²) in [5, 5.41) is 8.64. The van der Waals surface area contributed by atoms with E-state index in [-0.39, 0.29) is 16.4 Å². The van der Waals surface area contributed by atoms with Gasteiger partial charge in [-0.1, -0.05) is 63.1 Å². The van der Waals surface area contributed by atoms with Crippen LogP contribution in [0.2, 0.25) is 0 Å². The highest BCUT2D eigenvalue weighted by Gasteiger charge is 2.39. The normalized spacial score (nSPS) is 21.4. The van der Waals surface area contributed by atoms with E-state index in [4.69, 9.17) is 4.42 Å². The Hall–Kier alpha value is -2.08. The molecule has 1 unspecified atom stereocenters. The number of benzene rings is 1. The van der Waals surface area contributed by atoms with Crippen LogP contribution in [0.3, 0.4) is 0 Å². The van der Waals surface area contributed by atoms with E-state index in [0.29, 0.717) is 11.1 Å². The highest BCUT2D eigenvalue weighted by Crippen LogP contribution is 2.46.